The number of carbonyl (C=O) groups is 1. The highest BCUT2D eigenvalue weighted by molar-refractivity contribution is 5.93. The third-order valence-corrected chi connectivity index (χ3v) is 5.42. The Morgan fingerprint density at radius 3 is 2.47 bits per heavy atom. The fourth-order valence-corrected chi connectivity index (χ4v) is 3.81. The molecule has 5 nitrogen and oxygen atoms in total. The predicted molar refractivity (Wildman–Crippen MR) is 122 cm³/mol. The van der Waals surface area contributed by atoms with Gasteiger partial charge in [0.2, 0.25) is 5.91 Å². The molecule has 4 aromatic rings. The molecular formula is C25H26N4O. The third kappa shape index (κ3) is 3.98. The largest absolute Gasteiger partial charge is 0.322 e. The number of benzene rings is 3. The number of rotatable bonds is 6. The fraction of sp³-hybridized carbons (Fsp3) is 0.200. The summed E-state index contributed by atoms with van der Waals surface area (Å²) in [6, 6.07) is 24.5. The van der Waals surface area contributed by atoms with E-state index in [1.165, 1.54) is 16.3 Å². The number of hydrogen-bond donors (Lipinski definition) is 2. The highest BCUT2D eigenvalue weighted by Gasteiger charge is 2.16. The topological polar surface area (TPSA) is 59.0 Å². The van der Waals surface area contributed by atoms with Crippen molar-refractivity contribution in [3.8, 4) is 5.69 Å². The summed E-state index contributed by atoms with van der Waals surface area (Å²) in [4.78, 5) is 12.7. The SMILES string of the molecule is Cc1nn(-c2ccccc2)c(C)c1NC(=O)CN[C@H](C)c1cccc2ccccc12. The molecule has 30 heavy (non-hydrogen) atoms. The first-order chi connectivity index (χ1) is 14.5. The van der Waals surface area contributed by atoms with Crippen LogP contribution in [0.5, 0.6) is 0 Å². The van der Waals surface area contributed by atoms with Crippen molar-refractivity contribution < 1.29 is 4.79 Å². The van der Waals surface area contributed by atoms with Crippen LogP contribution in [0.15, 0.2) is 72.8 Å². The van der Waals surface area contributed by atoms with Crippen molar-refractivity contribution in [3.05, 3.63) is 89.7 Å². The molecule has 152 valence electrons. The van der Waals surface area contributed by atoms with E-state index in [0.717, 1.165) is 22.8 Å². The first-order valence-electron chi connectivity index (χ1n) is 10.2. The zero-order valence-electron chi connectivity index (χ0n) is 17.5. The number of aromatic nitrogens is 2. The van der Waals surface area contributed by atoms with E-state index in [1.807, 2.05) is 61.0 Å². The highest BCUT2D eigenvalue weighted by Crippen LogP contribution is 2.25. The molecule has 1 atom stereocenters. The lowest BCUT2D eigenvalue weighted by molar-refractivity contribution is -0.115. The van der Waals surface area contributed by atoms with Crippen LogP contribution in [0.25, 0.3) is 16.5 Å². The Morgan fingerprint density at radius 2 is 1.67 bits per heavy atom. The van der Waals surface area contributed by atoms with Crippen molar-refractivity contribution in [3.63, 3.8) is 0 Å². The summed E-state index contributed by atoms with van der Waals surface area (Å²) in [7, 11) is 0. The summed E-state index contributed by atoms with van der Waals surface area (Å²) >= 11 is 0. The summed E-state index contributed by atoms with van der Waals surface area (Å²) in [5.74, 6) is -0.0825. The van der Waals surface area contributed by atoms with Crippen LogP contribution in [-0.4, -0.2) is 22.2 Å². The second kappa shape index (κ2) is 8.51. The normalized spacial score (nSPS) is 12.1. The molecule has 1 aromatic heterocycles. The monoisotopic (exact) mass is 398 g/mol. The number of nitrogens with zero attached hydrogens (tertiary/aromatic N) is 2. The smallest absolute Gasteiger partial charge is 0.238 e. The molecule has 5 heteroatoms. The van der Waals surface area contributed by atoms with Crippen LogP contribution >= 0.6 is 0 Å². The highest BCUT2D eigenvalue weighted by atomic mass is 16.1. The summed E-state index contributed by atoms with van der Waals surface area (Å²) in [5, 5.41) is 13.4. The van der Waals surface area contributed by atoms with E-state index in [1.54, 1.807) is 0 Å². The second-order valence-electron chi connectivity index (χ2n) is 7.51. The molecule has 0 bridgehead atoms. The first kappa shape index (κ1) is 19.9. The molecule has 0 aliphatic heterocycles. The van der Waals surface area contributed by atoms with Crippen LogP contribution < -0.4 is 10.6 Å². The van der Waals surface area contributed by atoms with E-state index >= 15 is 0 Å². The molecule has 1 heterocycles. The van der Waals surface area contributed by atoms with Gasteiger partial charge in [-0.3, -0.25) is 4.79 Å². The third-order valence-electron chi connectivity index (χ3n) is 5.42. The maximum atomic E-state index is 12.7. The van der Waals surface area contributed by atoms with E-state index < -0.39 is 0 Å². The number of hydrogen-bond acceptors (Lipinski definition) is 3. The van der Waals surface area contributed by atoms with Crippen LogP contribution in [0.1, 0.15) is 29.9 Å². The number of para-hydroxylation sites is 1. The number of fused-ring (bicyclic) bond motifs is 1. The molecule has 3 aromatic carbocycles. The Bertz CT molecular complexity index is 1180. The number of anilines is 1. The van der Waals surface area contributed by atoms with Crippen molar-refractivity contribution in [1.29, 1.82) is 0 Å². The minimum absolute atomic E-state index is 0.0519. The van der Waals surface area contributed by atoms with Gasteiger partial charge in [-0.1, -0.05) is 60.7 Å². The first-order valence-corrected chi connectivity index (χ1v) is 10.2. The van der Waals surface area contributed by atoms with E-state index in [9.17, 15) is 4.79 Å². The van der Waals surface area contributed by atoms with E-state index in [2.05, 4.69) is 53.0 Å². The second-order valence-corrected chi connectivity index (χ2v) is 7.51. The van der Waals surface area contributed by atoms with Gasteiger partial charge in [-0.2, -0.15) is 5.10 Å². The number of nitrogens with one attached hydrogen (secondary N) is 2. The number of amides is 1. The lowest BCUT2D eigenvalue weighted by Gasteiger charge is -2.16. The van der Waals surface area contributed by atoms with Gasteiger partial charge in [0, 0.05) is 6.04 Å². The Kier molecular flexibility index (Phi) is 5.63. The minimum atomic E-state index is -0.0825. The molecule has 4 rings (SSSR count). The maximum Gasteiger partial charge on any atom is 0.238 e. The molecule has 0 saturated heterocycles. The Morgan fingerprint density at radius 1 is 0.967 bits per heavy atom. The predicted octanol–water partition coefficient (Wildman–Crippen LogP) is 4.93. The summed E-state index contributed by atoms with van der Waals surface area (Å²) < 4.78 is 1.86. The maximum absolute atomic E-state index is 12.7. The van der Waals surface area contributed by atoms with Gasteiger partial charge in [0.25, 0.3) is 0 Å². The standard InChI is InChI=1S/C25H26N4O/c1-17(22-15-9-11-20-10-7-8-14-23(20)22)26-16-24(30)27-25-18(2)28-29(19(25)3)21-12-5-4-6-13-21/h4-15,17,26H,16H2,1-3H3,(H,27,30)/t17-/m1/s1. The van der Waals surface area contributed by atoms with E-state index in [4.69, 9.17) is 0 Å². The summed E-state index contributed by atoms with van der Waals surface area (Å²) in [6.45, 7) is 6.18. The molecule has 2 N–H and O–H groups in total. The van der Waals surface area contributed by atoms with Gasteiger partial charge < -0.3 is 10.6 Å². The molecule has 1 amide bonds. The molecule has 0 aliphatic rings. The molecular weight excluding hydrogens is 372 g/mol. The van der Waals surface area contributed by atoms with Gasteiger partial charge in [-0.15, -0.1) is 0 Å². The minimum Gasteiger partial charge on any atom is -0.322 e. The van der Waals surface area contributed by atoms with Gasteiger partial charge in [0.1, 0.15) is 0 Å². The van der Waals surface area contributed by atoms with Crippen LogP contribution in [0.3, 0.4) is 0 Å². The van der Waals surface area contributed by atoms with Gasteiger partial charge in [0.05, 0.1) is 29.3 Å². The van der Waals surface area contributed by atoms with Crippen LogP contribution in [0.2, 0.25) is 0 Å². The van der Waals surface area contributed by atoms with Crippen LogP contribution in [0.4, 0.5) is 5.69 Å². The van der Waals surface area contributed by atoms with Crippen molar-refractivity contribution in [1.82, 2.24) is 15.1 Å². The zero-order chi connectivity index (χ0) is 21.1. The molecule has 0 fully saturated rings. The Labute approximate surface area is 176 Å². The van der Waals surface area contributed by atoms with Crippen LogP contribution in [0, 0.1) is 13.8 Å². The molecule has 0 saturated carbocycles. The molecule has 0 radical (unpaired) electrons. The Balaban J connectivity index is 1.45. The van der Waals surface area contributed by atoms with Gasteiger partial charge >= 0.3 is 0 Å². The van der Waals surface area contributed by atoms with Gasteiger partial charge in [0.15, 0.2) is 0 Å². The molecule has 0 aliphatic carbocycles. The Hall–Kier alpha value is -3.44. The van der Waals surface area contributed by atoms with E-state index in [0.29, 0.717) is 0 Å². The van der Waals surface area contributed by atoms with Crippen molar-refractivity contribution in [2.75, 3.05) is 11.9 Å². The lowest BCUT2D eigenvalue weighted by Crippen LogP contribution is -2.30. The summed E-state index contributed by atoms with van der Waals surface area (Å²) in [6.07, 6.45) is 0. The zero-order valence-corrected chi connectivity index (χ0v) is 17.5. The molecule has 0 spiro atoms. The fourth-order valence-electron chi connectivity index (χ4n) is 3.81. The summed E-state index contributed by atoms with van der Waals surface area (Å²) in [5.41, 5.74) is 4.64. The van der Waals surface area contributed by atoms with Crippen molar-refractivity contribution >= 4 is 22.4 Å². The van der Waals surface area contributed by atoms with Gasteiger partial charge in [-0.05, 0) is 49.2 Å². The van der Waals surface area contributed by atoms with Crippen molar-refractivity contribution in [2.45, 2.75) is 26.8 Å². The average Bonchev–Trinajstić information content (AvgIpc) is 3.06. The molecule has 0 unspecified atom stereocenters. The van der Waals surface area contributed by atoms with E-state index in [-0.39, 0.29) is 18.5 Å². The average molecular weight is 399 g/mol. The lowest BCUT2D eigenvalue weighted by atomic mass is 10.00. The number of aryl methyl sites for hydroxylation is 1. The van der Waals surface area contributed by atoms with Crippen molar-refractivity contribution in [2.24, 2.45) is 0 Å². The quantitative estimate of drug-likeness (QED) is 0.484. The van der Waals surface area contributed by atoms with Gasteiger partial charge in [-0.25, -0.2) is 4.68 Å². The van der Waals surface area contributed by atoms with Crippen LogP contribution in [-0.2, 0) is 4.79 Å². The number of carbonyl (C=O) groups excluding carboxylic acids is 1.